The van der Waals surface area contributed by atoms with E-state index in [0.29, 0.717) is 29.4 Å². The number of nitriles is 1. The summed E-state index contributed by atoms with van der Waals surface area (Å²) >= 11 is 0. The topological polar surface area (TPSA) is 59.3 Å². The Bertz CT molecular complexity index is 454. The molecule has 5 heteroatoms. The molecule has 1 aromatic carbocycles. The van der Waals surface area contributed by atoms with Crippen molar-refractivity contribution in [2.24, 2.45) is 0 Å². The summed E-state index contributed by atoms with van der Waals surface area (Å²) in [6.07, 6.45) is 0.788. The van der Waals surface area contributed by atoms with E-state index in [2.05, 4.69) is 6.07 Å². The molecule has 1 rings (SSSR count). The molecule has 18 heavy (non-hydrogen) atoms. The minimum Gasteiger partial charge on any atom is -0.495 e. The van der Waals surface area contributed by atoms with Crippen molar-refractivity contribution in [1.82, 2.24) is 0 Å². The summed E-state index contributed by atoms with van der Waals surface area (Å²) in [6.45, 7) is 0.627. The number of rotatable bonds is 7. The summed E-state index contributed by atoms with van der Waals surface area (Å²) < 4.78 is 21.8. The Kier molecular flexibility index (Phi) is 6.40. The second kappa shape index (κ2) is 7.85. The van der Waals surface area contributed by atoms with Crippen molar-refractivity contribution in [3.05, 3.63) is 29.3 Å². The SMILES string of the molecule is COCCCS(=O)Cc1ccc(C#N)c(OC)c1. The average Bonchev–Trinajstić information content (AvgIpc) is 2.39. The van der Waals surface area contributed by atoms with E-state index in [4.69, 9.17) is 14.7 Å². The zero-order valence-electron chi connectivity index (χ0n) is 10.6. The van der Waals surface area contributed by atoms with Gasteiger partial charge in [0, 0.05) is 36.0 Å². The number of hydrogen-bond acceptors (Lipinski definition) is 4. The smallest absolute Gasteiger partial charge is 0.136 e. The average molecular weight is 267 g/mol. The van der Waals surface area contributed by atoms with E-state index >= 15 is 0 Å². The molecule has 0 saturated heterocycles. The van der Waals surface area contributed by atoms with Crippen LogP contribution in [0, 0.1) is 11.3 Å². The van der Waals surface area contributed by atoms with E-state index in [1.54, 1.807) is 19.2 Å². The maximum absolute atomic E-state index is 11.8. The van der Waals surface area contributed by atoms with Gasteiger partial charge in [-0.15, -0.1) is 0 Å². The molecule has 0 saturated carbocycles. The highest BCUT2D eigenvalue weighted by Crippen LogP contribution is 2.20. The third-order valence-electron chi connectivity index (χ3n) is 2.43. The van der Waals surface area contributed by atoms with Gasteiger partial charge in [-0.3, -0.25) is 4.21 Å². The zero-order valence-corrected chi connectivity index (χ0v) is 11.5. The number of methoxy groups -OCH3 is 2. The van der Waals surface area contributed by atoms with E-state index in [0.717, 1.165) is 12.0 Å². The van der Waals surface area contributed by atoms with Crippen LogP contribution >= 0.6 is 0 Å². The molecule has 1 unspecified atom stereocenters. The lowest BCUT2D eigenvalue weighted by molar-refractivity contribution is 0.200. The predicted molar refractivity (Wildman–Crippen MR) is 70.9 cm³/mol. The second-order valence-electron chi connectivity index (χ2n) is 3.78. The Hall–Kier alpha value is -1.38. The lowest BCUT2D eigenvalue weighted by Gasteiger charge is -2.06. The molecule has 0 heterocycles. The first kappa shape index (κ1) is 14.7. The van der Waals surface area contributed by atoms with Crippen LogP contribution in [0.15, 0.2) is 18.2 Å². The highest BCUT2D eigenvalue weighted by molar-refractivity contribution is 7.84. The van der Waals surface area contributed by atoms with Gasteiger partial charge in [-0.1, -0.05) is 6.07 Å². The standard InChI is InChI=1S/C13H17NO3S/c1-16-6-3-7-18(15)10-11-4-5-12(9-14)13(8-11)17-2/h4-5,8H,3,6-7,10H2,1-2H3. The van der Waals surface area contributed by atoms with Gasteiger partial charge in [0.15, 0.2) is 0 Å². The largest absolute Gasteiger partial charge is 0.495 e. The molecule has 0 spiro atoms. The van der Waals surface area contributed by atoms with Crippen LogP contribution in [0.4, 0.5) is 0 Å². The van der Waals surface area contributed by atoms with Crippen LogP contribution in [-0.2, 0) is 21.3 Å². The summed E-state index contributed by atoms with van der Waals surface area (Å²) in [5.41, 5.74) is 1.41. The molecule has 0 aliphatic carbocycles. The molecule has 0 fully saturated rings. The number of hydrogen-bond donors (Lipinski definition) is 0. The van der Waals surface area contributed by atoms with E-state index in [-0.39, 0.29) is 0 Å². The van der Waals surface area contributed by atoms with Crippen molar-refractivity contribution in [3.8, 4) is 11.8 Å². The molecular formula is C13H17NO3S. The number of ether oxygens (including phenoxy) is 2. The van der Waals surface area contributed by atoms with Gasteiger partial charge in [0.2, 0.25) is 0 Å². The minimum atomic E-state index is -0.910. The van der Waals surface area contributed by atoms with Crippen molar-refractivity contribution in [2.45, 2.75) is 12.2 Å². The van der Waals surface area contributed by atoms with Crippen molar-refractivity contribution in [3.63, 3.8) is 0 Å². The fourth-order valence-electron chi connectivity index (χ4n) is 1.54. The molecule has 0 radical (unpaired) electrons. The van der Waals surface area contributed by atoms with Gasteiger partial charge in [0.05, 0.1) is 12.7 Å². The molecule has 1 atom stereocenters. The number of nitrogens with zero attached hydrogens (tertiary/aromatic N) is 1. The van der Waals surface area contributed by atoms with Gasteiger partial charge in [0.1, 0.15) is 11.8 Å². The summed E-state index contributed by atoms with van der Waals surface area (Å²) in [7, 11) is 2.25. The molecule has 0 aromatic heterocycles. The van der Waals surface area contributed by atoms with E-state index in [9.17, 15) is 4.21 Å². The monoisotopic (exact) mass is 267 g/mol. The fourth-order valence-corrected chi connectivity index (χ4v) is 2.68. The van der Waals surface area contributed by atoms with Crippen LogP contribution in [0.3, 0.4) is 0 Å². The highest BCUT2D eigenvalue weighted by Gasteiger charge is 2.06. The molecule has 0 N–H and O–H groups in total. The molecule has 0 aliphatic heterocycles. The van der Waals surface area contributed by atoms with E-state index in [1.165, 1.54) is 7.11 Å². The Morgan fingerprint density at radius 3 is 2.78 bits per heavy atom. The van der Waals surface area contributed by atoms with E-state index in [1.807, 2.05) is 6.07 Å². The predicted octanol–water partition coefficient (Wildman–Crippen LogP) is 1.85. The van der Waals surface area contributed by atoms with Crippen LogP contribution in [0.2, 0.25) is 0 Å². The van der Waals surface area contributed by atoms with Crippen molar-refractivity contribution in [2.75, 3.05) is 26.6 Å². The first-order valence-electron chi connectivity index (χ1n) is 5.62. The lowest BCUT2D eigenvalue weighted by atomic mass is 10.1. The third kappa shape index (κ3) is 4.47. The fraction of sp³-hybridized carbons (Fsp3) is 0.462. The molecule has 1 aromatic rings. The van der Waals surface area contributed by atoms with Gasteiger partial charge in [0.25, 0.3) is 0 Å². The Morgan fingerprint density at radius 2 is 2.17 bits per heavy atom. The van der Waals surface area contributed by atoms with Crippen LogP contribution < -0.4 is 4.74 Å². The highest BCUT2D eigenvalue weighted by atomic mass is 32.2. The molecular weight excluding hydrogens is 250 g/mol. The normalized spacial score (nSPS) is 11.8. The van der Waals surface area contributed by atoms with Crippen LogP contribution in [0.25, 0.3) is 0 Å². The van der Waals surface area contributed by atoms with Crippen LogP contribution in [0.1, 0.15) is 17.5 Å². The van der Waals surface area contributed by atoms with Crippen molar-refractivity contribution in [1.29, 1.82) is 5.26 Å². The summed E-state index contributed by atoms with van der Waals surface area (Å²) in [5, 5.41) is 8.86. The maximum atomic E-state index is 11.8. The van der Waals surface area contributed by atoms with Gasteiger partial charge < -0.3 is 9.47 Å². The molecule has 0 bridgehead atoms. The zero-order chi connectivity index (χ0) is 13.4. The van der Waals surface area contributed by atoms with E-state index < -0.39 is 10.8 Å². The van der Waals surface area contributed by atoms with Crippen LogP contribution in [-0.4, -0.2) is 30.8 Å². The van der Waals surface area contributed by atoms with Gasteiger partial charge in [-0.25, -0.2) is 0 Å². The quantitative estimate of drug-likeness (QED) is 0.707. The Morgan fingerprint density at radius 1 is 1.39 bits per heavy atom. The van der Waals surface area contributed by atoms with Gasteiger partial charge in [-0.2, -0.15) is 5.26 Å². The lowest BCUT2D eigenvalue weighted by Crippen LogP contribution is -2.04. The van der Waals surface area contributed by atoms with Crippen molar-refractivity contribution < 1.29 is 13.7 Å². The summed E-state index contributed by atoms with van der Waals surface area (Å²) in [5.74, 6) is 1.63. The Labute approximate surface area is 110 Å². The van der Waals surface area contributed by atoms with Crippen molar-refractivity contribution >= 4 is 10.8 Å². The van der Waals surface area contributed by atoms with Gasteiger partial charge >= 0.3 is 0 Å². The third-order valence-corrected chi connectivity index (χ3v) is 3.83. The Balaban J connectivity index is 2.62. The van der Waals surface area contributed by atoms with Crippen LogP contribution in [0.5, 0.6) is 5.75 Å². The first-order valence-corrected chi connectivity index (χ1v) is 7.11. The first-order chi connectivity index (χ1) is 8.71. The van der Waals surface area contributed by atoms with Gasteiger partial charge in [-0.05, 0) is 24.1 Å². The maximum Gasteiger partial charge on any atom is 0.136 e. The summed E-state index contributed by atoms with van der Waals surface area (Å²) in [4.78, 5) is 0. The summed E-state index contributed by atoms with van der Waals surface area (Å²) in [6, 6.07) is 7.33. The molecule has 98 valence electrons. The number of benzene rings is 1. The minimum absolute atomic E-state index is 0.478. The molecule has 0 amide bonds. The second-order valence-corrected chi connectivity index (χ2v) is 5.36. The molecule has 0 aliphatic rings. The molecule has 4 nitrogen and oxygen atoms in total.